The monoisotopic (exact) mass is 453 g/mol. The van der Waals surface area contributed by atoms with E-state index in [0.717, 1.165) is 63.2 Å². The molecule has 0 aliphatic carbocycles. The number of carbonyl (C=O) groups is 1. The van der Waals surface area contributed by atoms with E-state index in [1.165, 1.54) is 16.6 Å². The Kier molecular flexibility index (Phi) is 7.74. The minimum atomic E-state index is -0.416. The minimum Gasteiger partial charge on any atom is -0.328 e. The van der Waals surface area contributed by atoms with Crippen molar-refractivity contribution in [2.45, 2.75) is 38.6 Å². The Hall–Kier alpha value is -2.75. The standard InChI is InChI=1S/C24H35N7O2/c1-18-17-21(5-4-19(18)6-12-29-11-2-3-20(25)7-13-29)31-14-8-22(28-24(31)33)27-23(32)30-15-9-26-10-16-30/h4-5,8,14,17,20,26H,2-3,6-7,9-13,15-16,25H2,1H3,(H,27,28,32,33). The van der Waals surface area contributed by atoms with Gasteiger partial charge in [0.25, 0.3) is 0 Å². The zero-order chi connectivity index (χ0) is 23.2. The quantitative estimate of drug-likeness (QED) is 0.630. The molecule has 1 unspecified atom stereocenters. The van der Waals surface area contributed by atoms with E-state index in [-0.39, 0.29) is 11.8 Å². The van der Waals surface area contributed by atoms with Gasteiger partial charge in [-0.3, -0.25) is 9.88 Å². The van der Waals surface area contributed by atoms with Gasteiger partial charge in [-0.05, 0) is 75.0 Å². The molecule has 2 aliphatic heterocycles. The summed E-state index contributed by atoms with van der Waals surface area (Å²) in [6.45, 7) is 8.10. The molecule has 3 heterocycles. The highest BCUT2D eigenvalue weighted by molar-refractivity contribution is 5.88. The zero-order valence-corrected chi connectivity index (χ0v) is 19.4. The number of hydrogen-bond acceptors (Lipinski definition) is 6. The Bertz CT molecular complexity index is 1020. The van der Waals surface area contributed by atoms with E-state index in [1.54, 1.807) is 17.2 Å². The first kappa shape index (κ1) is 23.4. The predicted molar refractivity (Wildman–Crippen MR) is 130 cm³/mol. The third kappa shape index (κ3) is 6.19. The molecule has 178 valence electrons. The number of aryl methyl sites for hydroxylation is 1. The number of hydrogen-bond donors (Lipinski definition) is 3. The number of piperazine rings is 1. The Morgan fingerprint density at radius 3 is 2.76 bits per heavy atom. The van der Waals surface area contributed by atoms with E-state index in [2.05, 4.69) is 33.5 Å². The Morgan fingerprint density at radius 2 is 2.00 bits per heavy atom. The molecule has 0 saturated carbocycles. The maximum atomic E-state index is 12.6. The number of urea groups is 1. The number of amides is 2. The van der Waals surface area contributed by atoms with Gasteiger partial charge in [-0.15, -0.1) is 0 Å². The normalized spacial score (nSPS) is 19.8. The summed E-state index contributed by atoms with van der Waals surface area (Å²) >= 11 is 0. The topological polar surface area (TPSA) is 109 Å². The van der Waals surface area contributed by atoms with Gasteiger partial charge in [0, 0.05) is 45.0 Å². The lowest BCUT2D eigenvalue weighted by molar-refractivity contribution is 0.204. The number of aromatic nitrogens is 2. The minimum absolute atomic E-state index is 0.229. The lowest BCUT2D eigenvalue weighted by atomic mass is 10.0. The zero-order valence-electron chi connectivity index (χ0n) is 19.4. The van der Waals surface area contributed by atoms with Crippen molar-refractivity contribution in [3.8, 4) is 5.69 Å². The molecule has 0 radical (unpaired) electrons. The van der Waals surface area contributed by atoms with Crippen molar-refractivity contribution in [3.63, 3.8) is 0 Å². The Labute approximate surface area is 195 Å². The van der Waals surface area contributed by atoms with Crippen molar-refractivity contribution in [3.05, 3.63) is 52.1 Å². The van der Waals surface area contributed by atoms with Crippen LogP contribution in [0, 0.1) is 6.92 Å². The molecule has 2 aromatic rings. The lowest BCUT2D eigenvalue weighted by Crippen LogP contribution is -2.48. The molecule has 0 bridgehead atoms. The largest absolute Gasteiger partial charge is 0.354 e. The second-order valence-electron chi connectivity index (χ2n) is 9.03. The van der Waals surface area contributed by atoms with Crippen molar-refractivity contribution in [2.75, 3.05) is 51.1 Å². The maximum absolute atomic E-state index is 12.6. The van der Waals surface area contributed by atoms with E-state index in [9.17, 15) is 9.59 Å². The van der Waals surface area contributed by atoms with Crippen LogP contribution in [0.3, 0.4) is 0 Å². The molecule has 9 nitrogen and oxygen atoms in total. The molecule has 4 rings (SSSR count). The van der Waals surface area contributed by atoms with Gasteiger partial charge < -0.3 is 20.9 Å². The van der Waals surface area contributed by atoms with Crippen LogP contribution in [0.15, 0.2) is 35.3 Å². The first-order chi connectivity index (χ1) is 16.0. The van der Waals surface area contributed by atoms with Gasteiger partial charge in [0.2, 0.25) is 0 Å². The second-order valence-corrected chi connectivity index (χ2v) is 9.03. The second kappa shape index (κ2) is 10.9. The van der Waals surface area contributed by atoms with Crippen LogP contribution in [0.5, 0.6) is 0 Å². The van der Waals surface area contributed by atoms with Gasteiger partial charge in [0.1, 0.15) is 5.82 Å². The summed E-state index contributed by atoms with van der Waals surface area (Å²) in [6.07, 6.45) is 5.99. The number of nitrogens with zero attached hydrogens (tertiary/aromatic N) is 4. The maximum Gasteiger partial charge on any atom is 0.354 e. The first-order valence-corrected chi connectivity index (χ1v) is 11.9. The number of nitrogens with two attached hydrogens (primary N) is 1. The number of nitrogens with one attached hydrogen (secondary N) is 2. The summed E-state index contributed by atoms with van der Waals surface area (Å²) in [4.78, 5) is 33.3. The fourth-order valence-corrected chi connectivity index (χ4v) is 4.52. The Balaban J connectivity index is 1.38. The predicted octanol–water partition coefficient (Wildman–Crippen LogP) is 1.33. The lowest BCUT2D eigenvalue weighted by Gasteiger charge is -2.27. The molecule has 2 aliphatic rings. The molecule has 1 aromatic heterocycles. The smallest absolute Gasteiger partial charge is 0.328 e. The van der Waals surface area contributed by atoms with E-state index in [4.69, 9.17) is 5.73 Å². The van der Waals surface area contributed by atoms with Crippen LogP contribution < -0.4 is 22.1 Å². The van der Waals surface area contributed by atoms with Crippen molar-refractivity contribution in [1.82, 2.24) is 24.7 Å². The summed E-state index contributed by atoms with van der Waals surface area (Å²) in [5.74, 6) is 0.269. The number of likely N-dealkylation sites (tertiary alicyclic amines) is 1. The van der Waals surface area contributed by atoms with Crippen LogP contribution in [0.25, 0.3) is 5.69 Å². The van der Waals surface area contributed by atoms with E-state index in [0.29, 0.717) is 19.1 Å². The summed E-state index contributed by atoms with van der Waals surface area (Å²) < 4.78 is 1.51. The molecule has 2 saturated heterocycles. The third-order valence-corrected chi connectivity index (χ3v) is 6.61. The third-order valence-electron chi connectivity index (χ3n) is 6.61. The van der Waals surface area contributed by atoms with Crippen molar-refractivity contribution in [1.29, 1.82) is 0 Å². The Morgan fingerprint density at radius 1 is 1.18 bits per heavy atom. The average molecular weight is 454 g/mol. The number of anilines is 1. The average Bonchev–Trinajstić information content (AvgIpc) is 3.03. The molecule has 1 aromatic carbocycles. The molecule has 2 fully saturated rings. The summed E-state index contributed by atoms with van der Waals surface area (Å²) in [6, 6.07) is 7.85. The highest BCUT2D eigenvalue weighted by Gasteiger charge is 2.17. The molecule has 0 spiro atoms. The van der Waals surface area contributed by atoms with Crippen LogP contribution in [-0.2, 0) is 6.42 Å². The molecular weight excluding hydrogens is 418 g/mol. The van der Waals surface area contributed by atoms with Crippen LogP contribution in [0.4, 0.5) is 10.6 Å². The first-order valence-electron chi connectivity index (χ1n) is 11.9. The van der Waals surface area contributed by atoms with E-state index < -0.39 is 5.69 Å². The van der Waals surface area contributed by atoms with E-state index >= 15 is 0 Å². The highest BCUT2D eigenvalue weighted by atomic mass is 16.2. The van der Waals surface area contributed by atoms with E-state index in [1.807, 2.05) is 12.1 Å². The number of carbonyl (C=O) groups excluding carboxylic acids is 1. The number of rotatable bonds is 5. The molecule has 2 amide bonds. The highest BCUT2D eigenvalue weighted by Crippen LogP contribution is 2.16. The molecule has 1 atom stereocenters. The summed E-state index contributed by atoms with van der Waals surface area (Å²) in [7, 11) is 0. The van der Waals surface area contributed by atoms with Crippen molar-refractivity contribution in [2.24, 2.45) is 5.73 Å². The fourth-order valence-electron chi connectivity index (χ4n) is 4.52. The number of benzene rings is 1. The van der Waals surface area contributed by atoms with Gasteiger partial charge >= 0.3 is 11.7 Å². The van der Waals surface area contributed by atoms with Crippen molar-refractivity contribution >= 4 is 11.8 Å². The van der Waals surface area contributed by atoms with Gasteiger partial charge in [0.05, 0.1) is 5.69 Å². The van der Waals surface area contributed by atoms with Crippen molar-refractivity contribution < 1.29 is 4.79 Å². The van der Waals surface area contributed by atoms with Gasteiger partial charge in [-0.2, -0.15) is 4.98 Å². The molecule has 9 heteroatoms. The van der Waals surface area contributed by atoms with Gasteiger partial charge in [-0.25, -0.2) is 9.59 Å². The van der Waals surface area contributed by atoms with Crippen LogP contribution in [-0.4, -0.2) is 77.2 Å². The summed E-state index contributed by atoms with van der Waals surface area (Å²) in [5.41, 5.74) is 8.89. The van der Waals surface area contributed by atoms with Crippen LogP contribution in [0.2, 0.25) is 0 Å². The molecular formula is C24H35N7O2. The van der Waals surface area contributed by atoms with Crippen LogP contribution >= 0.6 is 0 Å². The SMILES string of the molecule is Cc1cc(-n2ccc(NC(=O)N3CCNCC3)nc2=O)ccc1CCN1CCCC(N)CC1. The van der Waals surface area contributed by atoms with Gasteiger partial charge in [0.15, 0.2) is 0 Å². The molecule has 33 heavy (non-hydrogen) atoms. The van der Waals surface area contributed by atoms with Crippen LogP contribution in [0.1, 0.15) is 30.4 Å². The summed E-state index contributed by atoms with van der Waals surface area (Å²) in [5, 5.41) is 5.94. The molecule has 4 N–H and O–H groups in total. The van der Waals surface area contributed by atoms with Gasteiger partial charge in [-0.1, -0.05) is 6.07 Å². The fraction of sp³-hybridized carbons (Fsp3) is 0.542.